The fourth-order valence-corrected chi connectivity index (χ4v) is 5.11. The van der Waals surface area contributed by atoms with Gasteiger partial charge in [0.05, 0.1) is 35.5 Å². The van der Waals surface area contributed by atoms with Gasteiger partial charge in [-0.3, -0.25) is 14.6 Å². The Kier molecular flexibility index (Phi) is 15.0. The Labute approximate surface area is 293 Å². The number of halogens is 6. The standard InChI is InChI=1S/C29H37N5O4.2C2HF3O2/c1-4-19-18(16-33-28(36)29(31)12-7-8-13-29)10-9-11-22(19)34-26-20-14-24(37-5-2)25(38-6-3)15-23(20)32-17-21(26)27(30)35;2*3-2(4,5)1(6)7/h9-11,14-15,17H,4-8,12-13,16,31H2,1-3H3,(H2,30,35)(H,32,34)(H,33,36);2*(H,6,7). The minimum Gasteiger partial charge on any atom is -0.490 e. The fourth-order valence-electron chi connectivity index (χ4n) is 5.11. The number of nitrogens with one attached hydrogen (secondary N) is 2. The molecular formula is C33H39F6N5O8. The highest BCUT2D eigenvalue weighted by Crippen LogP contribution is 2.38. The van der Waals surface area contributed by atoms with Crippen molar-refractivity contribution in [2.24, 2.45) is 11.5 Å². The van der Waals surface area contributed by atoms with Crippen molar-refractivity contribution in [3.63, 3.8) is 0 Å². The van der Waals surface area contributed by atoms with Gasteiger partial charge in [0.25, 0.3) is 5.91 Å². The number of pyridine rings is 1. The highest BCUT2D eigenvalue weighted by molar-refractivity contribution is 6.08. The molecule has 0 unspecified atom stereocenters. The zero-order valence-corrected chi connectivity index (χ0v) is 28.3. The molecule has 0 spiro atoms. The molecule has 4 rings (SSSR count). The Morgan fingerprint density at radius 3 is 1.88 bits per heavy atom. The van der Waals surface area contributed by atoms with Crippen LogP contribution in [0.4, 0.5) is 37.7 Å². The van der Waals surface area contributed by atoms with Crippen LogP contribution in [0.3, 0.4) is 0 Å². The molecule has 1 heterocycles. The van der Waals surface area contributed by atoms with Crippen molar-refractivity contribution in [1.29, 1.82) is 0 Å². The molecule has 0 atom stereocenters. The molecule has 1 aliphatic carbocycles. The van der Waals surface area contributed by atoms with Crippen molar-refractivity contribution in [3.8, 4) is 11.5 Å². The van der Waals surface area contributed by atoms with E-state index in [1.165, 1.54) is 6.20 Å². The van der Waals surface area contributed by atoms with Crippen molar-refractivity contribution in [1.82, 2.24) is 10.3 Å². The smallest absolute Gasteiger partial charge is 0.490 e. The predicted octanol–water partition coefficient (Wildman–Crippen LogP) is 5.59. The van der Waals surface area contributed by atoms with Gasteiger partial charge in [0.15, 0.2) is 11.5 Å². The number of carboxylic acid groups (broad SMARTS) is 2. The summed E-state index contributed by atoms with van der Waals surface area (Å²) in [6, 6.07) is 9.48. The molecule has 2 amide bonds. The Balaban J connectivity index is 0.000000564. The molecule has 2 aromatic carbocycles. The summed E-state index contributed by atoms with van der Waals surface area (Å²) in [4.78, 5) is 47.5. The van der Waals surface area contributed by atoms with Gasteiger partial charge < -0.3 is 41.8 Å². The Hall–Kier alpha value is -5.33. The number of amides is 2. The van der Waals surface area contributed by atoms with E-state index >= 15 is 0 Å². The second-order valence-electron chi connectivity index (χ2n) is 11.2. The number of carboxylic acids is 2. The highest BCUT2D eigenvalue weighted by Gasteiger charge is 2.39. The molecule has 0 bridgehead atoms. The van der Waals surface area contributed by atoms with Crippen LogP contribution < -0.4 is 31.6 Å². The van der Waals surface area contributed by atoms with Crippen molar-refractivity contribution >= 4 is 46.0 Å². The van der Waals surface area contributed by atoms with Gasteiger partial charge in [-0.2, -0.15) is 26.3 Å². The Bertz CT molecular complexity index is 1720. The average Bonchev–Trinajstić information content (AvgIpc) is 3.51. The number of primary amides is 1. The first kappa shape index (κ1) is 42.8. The fraction of sp³-hybridized carbons (Fsp3) is 0.424. The molecule has 1 saturated carbocycles. The summed E-state index contributed by atoms with van der Waals surface area (Å²) in [6.45, 7) is 7.14. The van der Waals surface area contributed by atoms with E-state index in [4.69, 9.17) is 40.7 Å². The van der Waals surface area contributed by atoms with E-state index in [0.29, 0.717) is 67.1 Å². The molecule has 0 saturated heterocycles. The van der Waals surface area contributed by atoms with Crippen LogP contribution in [-0.2, 0) is 27.3 Å². The maximum absolute atomic E-state index is 12.8. The number of carbonyl (C=O) groups is 4. The molecule has 19 heteroatoms. The first-order chi connectivity index (χ1) is 24.2. The van der Waals surface area contributed by atoms with E-state index in [0.717, 1.165) is 29.7 Å². The summed E-state index contributed by atoms with van der Waals surface area (Å²) in [5, 5.41) is 21.4. The third-order valence-corrected chi connectivity index (χ3v) is 7.56. The molecule has 1 aliphatic rings. The van der Waals surface area contributed by atoms with Gasteiger partial charge in [0.2, 0.25) is 5.91 Å². The highest BCUT2D eigenvalue weighted by atomic mass is 19.4. The first-order valence-corrected chi connectivity index (χ1v) is 15.8. The molecule has 13 nitrogen and oxygen atoms in total. The minimum atomic E-state index is -5.08. The van der Waals surface area contributed by atoms with E-state index in [1.807, 2.05) is 38.1 Å². The van der Waals surface area contributed by atoms with Crippen LogP contribution >= 0.6 is 0 Å². The van der Waals surface area contributed by atoms with Crippen LogP contribution in [0, 0.1) is 0 Å². The lowest BCUT2D eigenvalue weighted by atomic mass is 9.97. The summed E-state index contributed by atoms with van der Waals surface area (Å²) >= 11 is 0. The van der Waals surface area contributed by atoms with Crippen LogP contribution in [0.25, 0.3) is 10.9 Å². The van der Waals surface area contributed by atoms with E-state index in [1.54, 1.807) is 6.07 Å². The summed E-state index contributed by atoms with van der Waals surface area (Å²) in [6.07, 6.45) is -4.62. The van der Waals surface area contributed by atoms with Gasteiger partial charge in [0.1, 0.15) is 0 Å². The van der Waals surface area contributed by atoms with Gasteiger partial charge in [-0.15, -0.1) is 0 Å². The van der Waals surface area contributed by atoms with Crippen LogP contribution in [0.2, 0.25) is 0 Å². The maximum Gasteiger partial charge on any atom is 0.490 e. The lowest BCUT2D eigenvalue weighted by Crippen LogP contribution is -2.51. The van der Waals surface area contributed by atoms with Gasteiger partial charge in [-0.05, 0) is 56.4 Å². The van der Waals surface area contributed by atoms with Crippen molar-refractivity contribution in [2.75, 3.05) is 18.5 Å². The molecule has 8 N–H and O–H groups in total. The van der Waals surface area contributed by atoms with Crippen LogP contribution in [0.1, 0.15) is 67.9 Å². The Morgan fingerprint density at radius 2 is 1.42 bits per heavy atom. The van der Waals surface area contributed by atoms with Crippen LogP contribution in [0.5, 0.6) is 11.5 Å². The number of fused-ring (bicyclic) bond motifs is 1. The molecule has 3 aromatic rings. The number of nitrogens with zero attached hydrogens (tertiary/aromatic N) is 1. The number of hydrogen-bond donors (Lipinski definition) is 6. The lowest BCUT2D eigenvalue weighted by Gasteiger charge is -2.23. The molecule has 0 radical (unpaired) electrons. The van der Waals surface area contributed by atoms with Crippen LogP contribution in [0.15, 0.2) is 36.5 Å². The van der Waals surface area contributed by atoms with E-state index in [-0.39, 0.29) is 11.5 Å². The zero-order valence-electron chi connectivity index (χ0n) is 28.3. The van der Waals surface area contributed by atoms with Gasteiger partial charge in [0, 0.05) is 29.9 Å². The number of alkyl halides is 6. The maximum atomic E-state index is 12.8. The van der Waals surface area contributed by atoms with E-state index in [9.17, 15) is 35.9 Å². The second-order valence-corrected chi connectivity index (χ2v) is 11.2. The largest absolute Gasteiger partial charge is 0.490 e. The second kappa shape index (κ2) is 18.2. The van der Waals surface area contributed by atoms with Crippen molar-refractivity contribution in [3.05, 3.63) is 53.2 Å². The van der Waals surface area contributed by atoms with Gasteiger partial charge in [-0.1, -0.05) is 31.9 Å². The molecule has 52 heavy (non-hydrogen) atoms. The molecule has 1 aromatic heterocycles. The monoisotopic (exact) mass is 747 g/mol. The van der Waals surface area contributed by atoms with Gasteiger partial charge >= 0.3 is 24.3 Å². The molecular weight excluding hydrogens is 708 g/mol. The number of aromatic nitrogens is 1. The molecule has 0 aliphatic heterocycles. The number of carbonyl (C=O) groups excluding carboxylic acids is 2. The SMILES string of the molecule is CCOc1cc2ncc(C(N)=O)c(Nc3cccc(CNC(=O)C4(N)CCCC4)c3CC)c2cc1OCC.O=C(O)C(F)(F)F.O=C(O)C(F)(F)F. The summed E-state index contributed by atoms with van der Waals surface area (Å²) in [7, 11) is 0. The minimum absolute atomic E-state index is 0.111. The predicted molar refractivity (Wildman–Crippen MR) is 176 cm³/mol. The summed E-state index contributed by atoms with van der Waals surface area (Å²) in [5.41, 5.74) is 15.5. The number of ether oxygens (including phenoxy) is 2. The molecule has 286 valence electrons. The van der Waals surface area contributed by atoms with Crippen LogP contribution in [-0.4, -0.2) is 70.1 Å². The number of anilines is 2. The quantitative estimate of drug-likeness (QED) is 0.133. The average molecular weight is 748 g/mol. The third kappa shape index (κ3) is 11.6. The zero-order chi connectivity index (χ0) is 39.4. The number of rotatable bonds is 11. The van der Waals surface area contributed by atoms with Gasteiger partial charge in [-0.25, -0.2) is 9.59 Å². The topological polar surface area (TPSA) is 216 Å². The number of hydrogen-bond acceptors (Lipinski definition) is 9. The summed E-state index contributed by atoms with van der Waals surface area (Å²) < 4.78 is 75.1. The molecule has 1 fully saturated rings. The number of aliphatic carboxylic acids is 2. The summed E-state index contributed by atoms with van der Waals surface area (Å²) in [5.74, 6) is -5.08. The van der Waals surface area contributed by atoms with E-state index < -0.39 is 35.7 Å². The van der Waals surface area contributed by atoms with Crippen molar-refractivity contribution in [2.45, 2.75) is 77.3 Å². The van der Waals surface area contributed by atoms with Crippen molar-refractivity contribution < 1.29 is 65.2 Å². The number of benzene rings is 2. The first-order valence-electron chi connectivity index (χ1n) is 15.8. The third-order valence-electron chi connectivity index (χ3n) is 7.56. The Morgan fingerprint density at radius 1 is 0.904 bits per heavy atom. The lowest BCUT2D eigenvalue weighted by molar-refractivity contribution is -0.193. The normalized spacial score (nSPS) is 13.5. The van der Waals surface area contributed by atoms with E-state index in [2.05, 4.69) is 22.5 Å². The number of nitrogens with two attached hydrogens (primary N) is 2.